The highest BCUT2D eigenvalue weighted by atomic mass is 32.1. The molecule has 11 heavy (non-hydrogen) atoms. The first kappa shape index (κ1) is 9.97. The van der Waals surface area contributed by atoms with Gasteiger partial charge in [0.1, 0.15) is 5.82 Å². The Balaban J connectivity index is 4.08. The van der Waals surface area contributed by atoms with Gasteiger partial charge in [0.2, 0.25) is 5.91 Å². The minimum absolute atomic E-state index is 0.129. The van der Waals surface area contributed by atoms with Gasteiger partial charge in [-0.3, -0.25) is 4.79 Å². The first-order valence-corrected chi connectivity index (χ1v) is 3.58. The zero-order chi connectivity index (χ0) is 8.69. The number of hydrogen-bond acceptors (Lipinski definition) is 3. The van der Waals surface area contributed by atoms with Gasteiger partial charge < -0.3 is 5.32 Å². The van der Waals surface area contributed by atoms with E-state index >= 15 is 0 Å². The van der Waals surface area contributed by atoms with Crippen LogP contribution in [-0.2, 0) is 4.79 Å². The van der Waals surface area contributed by atoms with Gasteiger partial charge in [0, 0.05) is 0 Å². The van der Waals surface area contributed by atoms with E-state index in [9.17, 15) is 4.79 Å². The summed E-state index contributed by atoms with van der Waals surface area (Å²) < 4.78 is 0. The summed E-state index contributed by atoms with van der Waals surface area (Å²) in [6.45, 7) is 6.71. The molecule has 0 heterocycles. The second kappa shape index (κ2) is 5.73. The van der Waals surface area contributed by atoms with Crippen molar-refractivity contribution >= 4 is 25.3 Å². The van der Waals surface area contributed by atoms with Gasteiger partial charge in [-0.25, -0.2) is 4.99 Å². The summed E-state index contributed by atoms with van der Waals surface area (Å²) in [6.07, 6.45) is 3.07. The number of thiol groups is 1. The molecule has 0 aliphatic rings. The third-order valence-electron chi connectivity index (χ3n) is 0.857. The minimum atomic E-state index is -0.214. The molecule has 4 heteroatoms. The lowest BCUT2D eigenvalue weighted by Gasteiger charge is -2.00. The summed E-state index contributed by atoms with van der Waals surface area (Å²) in [7, 11) is 0. The molecule has 0 unspecified atom stereocenters. The maximum atomic E-state index is 10.7. The van der Waals surface area contributed by atoms with Crippen LogP contribution in [0.25, 0.3) is 0 Å². The van der Waals surface area contributed by atoms with E-state index in [2.05, 4.69) is 36.2 Å². The predicted molar refractivity (Wildman–Crippen MR) is 49.8 cm³/mol. The molecule has 1 amide bonds. The number of hydrogen-bond donors (Lipinski definition) is 2. The van der Waals surface area contributed by atoms with Crippen LogP contribution in [0.3, 0.4) is 0 Å². The third kappa shape index (κ3) is 4.38. The van der Waals surface area contributed by atoms with Crippen molar-refractivity contribution in [3.8, 4) is 0 Å². The van der Waals surface area contributed by atoms with Gasteiger partial charge >= 0.3 is 0 Å². The predicted octanol–water partition coefficient (Wildman–Crippen LogP) is 0.760. The summed E-state index contributed by atoms with van der Waals surface area (Å²) in [5.74, 6) is 0.303. The highest BCUT2D eigenvalue weighted by molar-refractivity contribution is 7.81. The number of carbonyl (C=O) groups is 1. The number of carbonyl (C=O) groups excluding carboxylic acids is 1. The van der Waals surface area contributed by atoms with E-state index in [0.29, 0.717) is 5.82 Å². The normalized spacial score (nSPS) is 10.5. The highest BCUT2D eigenvalue weighted by Gasteiger charge is 1.97. The number of nitrogens with zero attached hydrogens (tertiary/aromatic N) is 1. The molecule has 1 N–H and O–H groups in total. The fraction of sp³-hybridized carbons (Fsp3) is 0.143. The van der Waals surface area contributed by atoms with Crippen LogP contribution in [0, 0.1) is 0 Å². The maximum Gasteiger partial charge on any atom is 0.235 e. The molecular formula is C7H10N2OS. The van der Waals surface area contributed by atoms with Crippen molar-refractivity contribution in [2.75, 3.05) is 5.75 Å². The fourth-order valence-electron chi connectivity index (χ4n) is 0.428. The number of rotatable bonds is 4. The van der Waals surface area contributed by atoms with Crippen LogP contribution in [0.5, 0.6) is 0 Å². The molecule has 60 valence electrons. The fourth-order valence-corrected chi connectivity index (χ4v) is 0.507. The summed E-state index contributed by atoms with van der Waals surface area (Å²) in [4.78, 5) is 14.2. The molecule has 0 saturated heterocycles. The van der Waals surface area contributed by atoms with Crippen LogP contribution in [0.4, 0.5) is 0 Å². The average Bonchev–Trinajstić information content (AvgIpc) is 2.03. The lowest BCUT2D eigenvalue weighted by molar-refractivity contribution is -0.117. The van der Waals surface area contributed by atoms with Gasteiger partial charge in [0.05, 0.1) is 5.75 Å². The van der Waals surface area contributed by atoms with Crippen molar-refractivity contribution in [3.63, 3.8) is 0 Å². The zero-order valence-corrected chi connectivity index (χ0v) is 6.97. The first-order valence-electron chi connectivity index (χ1n) is 2.94. The van der Waals surface area contributed by atoms with Gasteiger partial charge in [0.25, 0.3) is 0 Å². The van der Waals surface area contributed by atoms with E-state index in [0.717, 1.165) is 0 Å². The van der Waals surface area contributed by atoms with E-state index in [1.807, 2.05) is 0 Å². The van der Waals surface area contributed by atoms with Crippen LogP contribution in [0.1, 0.15) is 0 Å². The molecule has 0 radical (unpaired) electrons. The van der Waals surface area contributed by atoms with Crippen LogP contribution < -0.4 is 5.32 Å². The number of nitrogens with one attached hydrogen (secondary N) is 1. The zero-order valence-electron chi connectivity index (χ0n) is 6.08. The lowest BCUT2D eigenvalue weighted by atomic mass is 10.5. The molecule has 0 atom stereocenters. The molecule has 0 saturated carbocycles. The van der Waals surface area contributed by atoms with E-state index in [-0.39, 0.29) is 11.7 Å². The Morgan fingerprint density at radius 3 is 2.73 bits per heavy atom. The molecule has 0 aromatic rings. The van der Waals surface area contributed by atoms with Crippen LogP contribution in [0.15, 0.2) is 29.5 Å². The van der Waals surface area contributed by atoms with Crippen molar-refractivity contribution in [2.45, 2.75) is 0 Å². The maximum absolute atomic E-state index is 10.7. The smallest absolute Gasteiger partial charge is 0.235 e. The average molecular weight is 170 g/mol. The third-order valence-corrected chi connectivity index (χ3v) is 1.14. The van der Waals surface area contributed by atoms with Crippen molar-refractivity contribution in [2.24, 2.45) is 4.99 Å². The van der Waals surface area contributed by atoms with Crippen LogP contribution in [0.2, 0.25) is 0 Å². The lowest BCUT2D eigenvalue weighted by Crippen LogP contribution is -2.22. The van der Waals surface area contributed by atoms with Crippen molar-refractivity contribution in [1.82, 2.24) is 5.32 Å². The van der Waals surface area contributed by atoms with Crippen LogP contribution in [-0.4, -0.2) is 18.4 Å². The van der Waals surface area contributed by atoms with Gasteiger partial charge in [-0.2, -0.15) is 12.6 Å². The number of allylic oxidation sites excluding steroid dienone is 2. The monoisotopic (exact) mass is 170 g/mol. The van der Waals surface area contributed by atoms with Crippen molar-refractivity contribution in [1.29, 1.82) is 0 Å². The highest BCUT2D eigenvalue weighted by Crippen LogP contribution is 1.90. The number of amides is 1. The van der Waals surface area contributed by atoms with Gasteiger partial charge in [-0.1, -0.05) is 12.7 Å². The first-order chi connectivity index (χ1) is 5.24. The quantitative estimate of drug-likeness (QED) is 0.365. The minimum Gasteiger partial charge on any atom is -0.310 e. The van der Waals surface area contributed by atoms with E-state index < -0.39 is 0 Å². The van der Waals surface area contributed by atoms with Gasteiger partial charge in [-0.15, -0.1) is 0 Å². The Hall–Kier alpha value is -1.03. The molecule has 0 aliphatic heterocycles. The Kier molecular flexibility index (Phi) is 5.20. The second-order valence-electron chi connectivity index (χ2n) is 1.65. The largest absolute Gasteiger partial charge is 0.310 e. The summed E-state index contributed by atoms with van der Waals surface area (Å²) in [5.41, 5.74) is 0. The van der Waals surface area contributed by atoms with E-state index in [1.165, 1.54) is 6.08 Å². The SMILES string of the molecule is C=C/C=C(\N=C)NC(=O)CS. The Labute approximate surface area is 71.3 Å². The molecule has 0 spiro atoms. The van der Waals surface area contributed by atoms with Gasteiger partial charge in [-0.05, 0) is 12.8 Å². The molecular weight excluding hydrogens is 160 g/mol. The second-order valence-corrected chi connectivity index (χ2v) is 1.97. The Morgan fingerprint density at radius 2 is 2.36 bits per heavy atom. The molecule has 0 bridgehead atoms. The van der Waals surface area contributed by atoms with E-state index in [1.54, 1.807) is 6.08 Å². The number of aliphatic imine (C=N–C) groups is 1. The van der Waals surface area contributed by atoms with Crippen molar-refractivity contribution in [3.05, 3.63) is 24.6 Å². The van der Waals surface area contributed by atoms with E-state index in [4.69, 9.17) is 0 Å². The Morgan fingerprint density at radius 1 is 1.73 bits per heavy atom. The van der Waals surface area contributed by atoms with Crippen LogP contribution >= 0.6 is 12.6 Å². The topological polar surface area (TPSA) is 41.5 Å². The van der Waals surface area contributed by atoms with Crippen molar-refractivity contribution < 1.29 is 4.79 Å². The molecule has 0 rings (SSSR count). The summed E-state index contributed by atoms with van der Waals surface area (Å²) in [6, 6.07) is 0. The summed E-state index contributed by atoms with van der Waals surface area (Å²) >= 11 is 3.77. The molecule has 0 fully saturated rings. The van der Waals surface area contributed by atoms with Gasteiger partial charge in [0.15, 0.2) is 0 Å². The Bertz CT molecular complexity index is 199. The molecule has 0 aliphatic carbocycles. The molecule has 3 nitrogen and oxygen atoms in total. The standard InChI is InChI=1S/C7H10N2OS/c1-3-4-6(8-2)9-7(10)5-11/h3-4,11H,1-2,5H2,(H,9,10)/b6-4+. The summed E-state index contributed by atoms with van der Waals surface area (Å²) in [5, 5.41) is 2.46. The molecule has 0 aromatic heterocycles. The molecule has 0 aromatic carbocycles.